The first-order chi connectivity index (χ1) is 18.6. The lowest BCUT2D eigenvalue weighted by Gasteiger charge is -2.44. The zero-order valence-electron chi connectivity index (χ0n) is 21.1. The van der Waals surface area contributed by atoms with Crippen LogP contribution >= 0.6 is 0 Å². The summed E-state index contributed by atoms with van der Waals surface area (Å²) in [6.45, 7) is 3.35. The van der Waals surface area contributed by atoms with E-state index in [1.807, 2.05) is 11.8 Å². The number of nitrogens with two attached hydrogens (primary N) is 1. The number of pyridine rings is 1. The predicted molar refractivity (Wildman–Crippen MR) is 128 cm³/mol. The SMILES string of the molecule is C[C@H]1COCCN1C[C@H]1CN(S(=O)(=O)c2ccc(N)nc2)CCN1c1ncc(C(O)(C(F)(F)F)C(F)(F)F)cn1. The number of sulfonamides is 1. The normalized spacial score (nSPS) is 22.4. The second kappa shape index (κ2) is 10.9. The maximum absolute atomic E-state index is 13.3. The molecule has 0 saturated carbocycles. The van der Waals surface area contributed by atoms with E-state index in [2.05, 4.69) is 15.0 Å². The van der Waals surface area contributed by atoms with Crippen LogP contribution in [0.3, 0.4) is 0 Å². The van der Waals surface area contributed by atoms with Crippen molar-refractivity contribution in [3.8, 4) is 0 Å². The molecule has 0 spiro atoms. The molecule has 0 bridgehead atoms. The van der Waals surface area contributed by atoms with Crippen molar-refractivity contribution in [3.05, 3.63) is 36.3 Å². The number of nitrogens with zero attached hydrogens (tertiary/aromatic N) is 6. The standard InChI is InChI=1S/C22H27F6N7O4S/c1-14-13-39-7-6-33(14)11-16-12-34(40(37,38)17-2-3-18(29)30-10-17)4-5-35(16)19-31-8-15(9-32-19)20(36,21(23,24)25)22(26,27)28/h2-3,8-10,14,16,36H,4-7,11-13H2,1H3,(H2,29,30)/t14-,16-/m0/s1. The Morgan fingerprint density at radius 3 is 2.23 bits per heavy atom. The molecule has 222 valence electrons. The second-order valence-electron chi connectivity index (χ2n) is 9.53. The Balaban J connectivity index is 1.65. The van der Waals surface area contributed by atoms with Gasteiger partial charge in [-0.3, -0.25) is 4.90 Å². The molecule has 11 nitrogen and oxygen atoms in total. The molecule has 0 aliphatic carbocycles. The fourth-order valence-corrected chi connectivity index (χ4v) is 6.02. The van der Waals surface area contributed by atoms with Crippen LogP contribution in [-0.4, -0.2) is 108 Å². The van der Waals surface area contributed by atoms with Gasteiger partial charge in [-0.15, -0.1) is 0 Å². The average Bonchev–Trinajstić information content (AvgIpc) is 2.88. The van der Waals surface area contributed by atoms with Gasteiger partial charge in [-0.05, 0) is 19.1 Å². The van der Waals surface area contributed by atoms with E-state index in [1.165, 1.54) is 21.3 Å². The molecule has 2 atom stereocenters. The number of aromatic nitrogens is 3. The average molecular weight is 600 g/mol. The number of nitrogen functional groups attached to an aromatic ring is 1. The number of rotatable bonds is 6. The Kier molecular flexibility index (Phi) is 8.21. The van der Waals surface area contributed by atoms with Crippen LogP contribution in [0.25, 0.3) is 0 Å². The minimum atomic E-state index is -6.08. The van der Waals surface area contributed by atoms with Gasteiger partial charge in [0.25, 0.3) is 5.60 Å². The van der Waals surface area contributed by atoms with E-state index in [0.717, 1.165) is 6.20 Å². The summed E-state index contributed by atoms with van der Waals surface area (Å²) in [5, 5.41) is 9.66. The highest BCUT2D eigenvalue weighted by Gasteiger charge is 2.71. The molecule has 2 aromatic heterocycles. The smallest absolute Gasteiger partial charge is 0.384 e. The topological polar surface area (TPSA) is 138 Å². The molecule has 0 unspecified atom stereocenters. The van der Waals surface area contributed by atoms with Crippen LogP contribution in [0.4, 0.5) is 38.1 Å². The third-order valence-electron chi connectivity index (χ3n) is 6.93. The Morgan fingerprint density at radius 2 is 1.68 bits per heavy atom. The Labute approximate surface area is 225 Å². The number of morpholine rings is 1. The number of ether oxygens (including phenoxy) is 1. The first-order valence-electron chi connectivity index (χ1n) is 12.0. The summed E-state index contributed by atoms with van der Waals surface area (Å²) < 4.78 is 113. The van der Waals surface area contributed by atoms with Crippen molar-refractivity contribution in [2.75, 3.05) is 56.6 Å². The molecule has 4 rings (SSSR count). The van der Waals surface area contributed by atoms with E-state index in [1.54, 1.807) is 0 Å². The highest BCUT2D eigenvalue weighted by molar-refractivity contribution is 7.89. The lowest BCUT2D eigenvalue weighted by atomic mass is 9.95. The van der Waals surface area contributed by atoms with Crippen LogP contribution in [-0.2, 0) is 20.4 Å². The molecular formula is C22H27F6N7O4S. The summed E-state index contributed by atoms with van der Waals surface area (Å²) in [7, 11) is -4.01. The van der Waals surface area contributed by atoms with Crippen molar-refractivity contribution in [1.29, 1.82) is 0 Å². The van der Waals surface area contributed by atoms with E-state index >= 15 is 0 Å². The highest BCUT2D eigenvalue weighted by Crippen LogP contribution is 2.49. The fourth-order valence-electron chi connectivity index (χ4n) is 4.61. The van der Waals surface area contributed by atoms with Crippen molar-refractivity contribution < 1.29 is 44.6 Å². The van der Waals surface area contributed by atoms with E-state index in [0.29, 0.717) is 19.8 Å². The van der Waals surface area contributed by atoms with E-state index in [9.17, 15) is 39.9 Å². The van der Waals surface area contributed by atoms with Crippen molar-refractivity contribution in [1.82, 2.24) is 24.2 Å². The van der Waals surface area contributed by atoms with Crippen LogP contribution in [0, 0.1) is 0 Å². The molecule has 2 fully saturated rings. The van der Waals surface area contributed by atoms with Crippen LogP contribution < -0.4 is 10.6 Å². The van der Waals surface area contributed by atoms with Gasteiger partial charge in [0, 0.05) is 62.9 Å². The number of hydrogen-bond donors (Lipinski definition) is 2. The van der Waals surface area contributed by atoms with Gasteiger partial charge in [0.15, 0.2) is 0 Å². The van der Waals surface area contributed by atoms with Gasteiger partial charge in [-0.1, -0.05) is 0 Å². The summed E-state index contributed by atoms with van der Waals surface area (Å²) in [5.41, 5.74) is -1.20. The number of aliphatic hydroxyl groups is 1. The number of piperazine rings is 1. The zero-order chi connectivity index (χ0) is 29.5. The van der Waals surface area contributed by atoms with Crippen LogP contribution in [0.5, 0.6) is 0 Å². The Morgan fingerprint density at radius 1 is 1.02 bits per heavy atom. The summed E-state index contributed by atoms with van der Waals surface area (Å²) >= 11 is 0. The minimum Gasteiger partial charge on any atom is -0.384 e. The second-order valence-corrected chi connectivity index (χ2v) is 11.5. The summed E-state index contributed by atoms with van der Waals surface area (Å²) in [6.07, 6.45) is -10.5. The molecule has 0 aromatic carbocycles. The molecule has 40 heavy (non-hydrogen) atoms. The number of hydrogen-bond acceptors (Lipinski definition) is 10. The monoisotopic (exact) mass is 599 g/mol. The van der Waals surface area contributed by atoms with Gasteiger partial charge in [0.2, 0.25) is 16.0 Å². The molecule has 2 aliphatic heterocycles. The molecule has 3 N–H and O–H groups in total. The van der Waals surface area contributed by atoms with Crippen molar-refractivity contribution >= 4 is 21.8 Å². The minimum absolute atomic E-state index is 0.0207. The molecule has 18 heteroatoms. The Bertz CT molecular complexity index is 1260. The predicted octanol–water partition coefficient (Wildman–Crippen LogP) is 1.37. The Hall–Kier alpha value is -2.80. The van der Waals surface area contributed by atoms with Crippen LogP contribution in [0.15, 0.2) is 35.6 Å². The van der Waals surface area contributed by atoms with Gasteiger partial charge >= 0.3 is 12.4 Å². The third-order valence-corrected chi connectivity index (χ3v) is 8.78. The lowest BCUT2D eigenvalue weighted by molar-refractivity contribution is -0.376. The molecule has 0 radical (unpaired) electrons. The first-order valence-corrected chi connectivity index (χ1v) is 13.5. The molecular weight excluding hydrogens is 572 g/mol. The van der Waals surface area contributed by atoms with E-state index in [4.69, 9.17) is 10.5 Å². The van der Waals surface area contributed by atoms with Gasteiger partial charge in [0.05, 0.1) is 19.3 Å². The van der Waals surface area contributed by atoms with Gasteiger partial charge in [-0.2, -0.15) is 30.6 Å². The van der Waals surface area contributed by atoms with Crippen LogP contribution in [0.1, 0.15) is 12.5 Å². The summed E-state index contributed by atoms with van der Waals surface area (Å²) in [5.74, 6) is -0.0842. The van der Waals surface area contributed by atoms with E-state index in [-0.39, 0.29) is 61.3 Å². The number of anilines is 2. The molecule has 2 saturated heterocycles. The first kappa shape index (κ1) is 30.2. The number of alkyl halides is 6. The van der Waals surface area contributed by atoms with Gasteiger partial charge in [0.1, 0.15) is 10.7 Å². The van der Waals surface area contributed by atoms with E-state index < -0.39 is 39.6 Å². The third kappa shape index (κ3) is 5.67. The fraction of sp³-hybridized carbons (Fsp3) is 0.591. The van der Waals surface area contributed by atoms with Gasteiger partial charge in [-0.25, -0.2) is 23.4 Å². The van der Waals surface area contributed by atoms with Crippen LogP contribution in [0.2, 0.25) is 0 Å². The molecule has 2 aromatic rings. The lowest BCUT2D eigenvalue weighted by Crippen LogP contribution is -2.60. The molecule has 2 aliphatic rings. The van der Waals surface area contributed by atoms with Crippen molar-refractivity contribution in [3.63, 3.8) is 0 Å². The summed E-state index contributed by atoms with van der Waals surface area (Å²) in [6, 6.07) is 1.98. The quantitative estimate of drug-likeness (QED) is 0.469. The maximum atomic E-state index is 13.3. The maximum Gasteiger partial charge on any atom is 0.430 e. The van der Waals surface area contributed by atoms with Gasteiger partial charge < -0.3 is 20.5 Å². The highest BCUT2D eigenvalue weighted by atomic mass is 32.2. The molecule has 0 amide bonds. The molecule has 4 heterocycles. The van der Waals surface area contributed by atoms with Crippen molar-refractivity contribution in [2.24, 2.45) is 0 Å². The number of halogens is 6. The largest absolute Gasteiger partial charge is 0.430 e. The zero-order valence-corrected chi connectivity index (χ0v) is 21.9. The summed E-state index contributed by atoms with van der Waals surface area (Å²) in [4.78, 5) is 14.8. The van der Waals surface area contributed by atoms with Crippen molar-refractivity contribution in [2.45, 2.75) is 41.9 Å².